The molecular formula is C22H39O8P. The fourth-order valence-electron chi connectivity index (χ4n) is 2.90. The lowest BCUT2D eigenvalue weighted by molar-refractivity contribution is -0.0136. The van der Waals surface area contributed by atoms with E-state index in [1.54, 1.807) is 0 Å². The fraction of sp³-hybridized carbons (Fsp3) is 0.727. The Kier molecular flexibility index (Phi) is 16.8. The third kappa shape index (κ3) is 18.3. The first-order valence-corrected chi connectivity index (χ1v) is 12.7. The Labute approximate surface area is 186 Å². The molecule has 0 aliphatic rings. The van der Waals surface area contributed by atoms with E-state index in [2.05, 4.69) is 6.92 Å². The number of rotatable bonds is 21. The van der Waals surface area contributed by atoms with Gasteiger partial charge in [0, 0.05) is 0 Å². The second-order valence-corrected chi connectivity index (χ2v) is 8.43. The SMILES string of the molecule is CCCCCCCCC(COCCOCCOCCOc1ccccc1)OP(=O)(O)O. The van der Waals surface area contributed by atoms with Crippen LogP contribution in [0.25, 0.3) is 0 Å². The van der Waals surface area contributed by atoms with Crippen LogP contribution in [0, 0.1) is 0 Å². The standard InChI is InChI=1S/C22H39O8P/c1-2-3-4-5-6-8-13-22(30-31(23,24)25)20-28-17-16-26-14-15-27-18-19-29-21-11-9-7-10-12-21/h7,9-12,22H,2-6,8,13-20H2,1H3,(H2,23,24,25). The second kappa shape index (κ2) is 18.6. The normalized spacial score (nSPS) is 12.7. The number of unbranched alkanes of at least 4 members (excludes halogenated alkanes) is 5. The smallest absolute Gasteiger partial charge is 0.469 e. The Morgan fingerprint density at radius 1 is 0.806 bits per heavy atom. The van der Waals surface area contributed by atoms with Crippen molar-refractivity contribution in [2.24, 2.45) is 0 Å². The molecule has 0 amide bonds. The molecule has 31 heavy (non-hydrogen) atoms. The number of hydrogen-bond donors (Lipinski definition) is 2. The van der Waals surface area contributed by atoms with E-state index in [-0.39, 0.29) is 6.61 Å². The molecule has 9 heteroatoms. The number of hydrogen-bond acceptors (Lipinski definition) is 6. The maximum absolute atomic E-state index is 11.1. The van der Waals surface area contributed by atoms with Crippen LogP contribution in [0.15, 0.2) is 30.3 Å². The number of para-hydroxylation sites is 1. The molecular weight excluding hydrogens is 423 g/mol. The largest absolute Gasteiger partial charge is 0.491 e. The molecule has 1 atom stereocenters. The van der Waals surface area contributed by atoms with Gasteiger partial charge >= 0.3 is 7.82 Å². The van der Waals surface area contributed by atoms with Crippen molar-refractivity contribution in [3.8, 4) is 5.75 Å². The number of benzene rings is 1. The van der Waals surface area contributed by atoms with Gasteiger partial charge < -0.3 is 28.7 Å². The highest BCUT2D eigenvalue weighted by molar-refractivity contribution is 7.46. The highest BCUT2D eigenvalue weighted by Crippen LogP contribution is 2.38. The van der Waals surface area contributed by atoms with Crippen LogP contribution >= 0.6 is 7.82 Å². The Bertz CT molecular complexity index is 566. The second-order valence-electron chi connectivity index (χ2n) is 7.24. The van der Waals surface area contributed by atoms with Gasteiger partial charge in [-0.3, -0.25) is 4.52 Å². The van der Waals surface area contributed by atoms with E-state index < -0.39 is 13.9 Å². The zero-order valence-corrected chi connectivity index (χ0v) is 19.5. The Morgan fingerprint density at radius 3 is 2.03 bits per heavy atom. The van der Waals surface area contributed by atoms with Crippen LogP contribution < -0.4 is 4.74 Å². The molecule has 0 aliphatic carbocycles. The van der Waals surface area contributed by atoms with Crippen LogP contribution in [-0.2, 0) is 23.3 Å². The summed E-state index contributed by atoms with van der Waals surface area (Å²) in [7, 11) is -4.53. The predicted octanol–water partition coefficient (Wildman–Crippen LogP) is 4.34. The minimum absolute atomic E-state index is 0.136. The van der Waals surface area contributed by atoms with Gasteiger partial charge in [-0.15, -0.1) is 0 Å². The molecule has 1 aromatic carbocycles. The van der Waals surface area contributed by atoms with Gasteiger partial charge in [0.25, 0.3) is 0 Å². The first-order chi connectivity index (χ1) is 15.0. The first kappa shape index (κ1) is 28.0. The van der Waals surface area contributed by atoms with Crippen LogP contribution in [0.1, 0.15) is 51.9 Å². The van der Waals surface area contributed by atoms with Crippen molar-refractivity contribution < 1.29 is 37.8 Å². The van der Waals surface area contributed by atoms with Gasteiger partial charge in [0.1, 0.15) is 12.4 Å². The van der Waals surface area contributed by atoms with Gasteiger partial charge in [-0.2, -0.15) is 0 Å². The van der Waals surface area contributed by atoms with Gasteiger partial charge in [-0.05, 0) is 18.6 Å². The van der Waals surface area contributed by atoms with Crippen molar-refractivity contribution in [3.05, 3.63) is 30.3 Å². The average Bonchev–Trinajstić information content (AvgIpc) is 2.74. The molecule has 0 heterocycles. The maximum atomic E-state index is 11.1. The lowest BCUT2D eigenvalue weighted by Gasteiger charge is -2.18. The van der Waals surface area contributed by atoms with Crippen molar-refractivity contribution in [2.75, 3.05) is 46.2 Å². The van der Waals surface area contributed by atoms with Crippen molar-refractivity contribution in [3.63, 3.8) is 0 Å². The Balaban J connectivity index is 1.99. The summed E-state index contributed by atoms with van der Waals surface area (Å²) in [6, 6.07) is 9.56. The van der Waals surface area contributed by atoms with Crippen LogP contribution in [0.2, 0.25) is 0 Å². The van der Waals surface area contributed by atoms with Gasteiger partial charge in [0.15, 0.2) is 0 Å². The van der Waals surface area contributed by atoms with Gasteiger partial charge in [-0.1, -0.05) is 63.6 Å². The summed E-state index contributed by atoms with van der Waals surface area (Å²) < 4.78 is 37.9. The molecule has 0 saturated heterocycles. The highest BCUT2D eigenvalue weighted by Gasteiger charge is 2.22. The number of ether oxygens (including phenoxy) is 4. The maximum Gasteiger partial charge on any atom is 0.469 e. The van der Waals surface area contributed by atoms with E-state index in [1.807, 2.05) is 30.3 Å². The molecule has 0 aromatic heterocycles. The summed E-state index contributed by atoms with van der Waals surface area (Å²) in [4.78, 5) is 18.1. The molecule has 1 aromatic rings. The fourth-order valence-corrected chi connectivity index (χ4v) is 3.46. The van der Waals surface area contributed by atoms with Crippen molar-refractivity contribution in [1.82, 2.24) is 0 Å². The summed E-state index contributed by atoms with van der Waals surface area (Å²) in [5, 5.41) is 0. The molecule has 0 bridgehead atoms. The summed E-state index contributed by atoms with van der Waals surface area (Å²) >= 11 is 0. The first-order valence-electron chi connectivity index (χ1n) is 11.2. The van der Waals surface area contributed by atoms with E-state index in [1.165, 1.54) is 19.3 Å². The van der Waals surface area contributed by atoms with Gasteiger partial charge in [-0.25, -0.2) is 4.57 Å². The van der Waals surface area contributed by atoms with Crippen LogP contribution in [0.5, 0.6) is 5.75 Å². The van der Waals surface area contributed by atoms with E-state index in [0.717, 1.165) is 25.0 Å². The lowest BCUT2D eigenvalue weighted by atomic mass is 10.1. The van der Waals surface area contributed by atoms with Crippen LogP contribution in [0.4, 0.5) is 0 Å². The minimum Gasteiger partial charge on any atom is -0.491 e. The van der Waals surface area contributed by atoms with Crippen molar-refractivity contribution in [1.29, 1.82) is 0 Å². The highest BCUT2D eigenvalue weighted by atomic mass is 31.2. The average molecular weight is 463 g/mol. The van der Waals surface area contributed by atoms with Crippen LogP contribution in [0.3, 0.4) is 0 Å². The third-order valence-corrected chi connectivity index (χ3v) is 5.03. The van der Waals surface area contributed by atoms with E-state index in [9.17, 15) is 4.57 Å². The van der Waals surface area contributed by atoms with Gasteiger partial charge in [0.2, 0.25) is 0 Å². The van der Waals surface area contributed by atoms with E-state index in [0.29, 0.717) is 46.1 Å². The number of phosphoric ester groups is 1. The molecule has 1 unspecified atom stereocenters. The van der Waals surface area contributed by atoms with Gasteiger partial charge in [0.05, 0.1) is 45.7 Å². The van der Waals surface area contributed by atoms with E-state index >= 15 is 0 Å². The Morgan fingerprint density at radius 2 is 1.39 bits per heavy atom. The third-order valence-electron chi connectivity index (χ3n) is 4.45. The molecule has 180 valence electrons. The quantitative estimate of drug-likeness (QED) is 0.205. The molecule has 0 saturated carbocycles. The van der Waals surface area contributed by atoms with E-state index in [4.69, 9.17) is 33.3 Å². The minimum atomic E-state index is -4.53. The van der Waals surface area contributed by atoms with Crippen LogP contribution in [-0.4, -0.2) is 62.1 Å². The van der Waals surface area contributed by atoms with Crippen molar-refractivity contribution in [2.45, 2.75) is 58.0 Å². The number of phosphoric acid groups is 1. The molecule has 0 aliphatic heterocycles. The zero-order valence-electron chi connectivity index (χ0n) is 18.7. The topological polar surface area (TPSA) is 104 Å². The molecule has 0 fully saturated rings. The molecule has 0 spiro atoms. The van der Waals surface area contributed by atoms with Crippen molar-refractivity contribution >= 4 is 7.82 Å². The molecule has 0 radical (unpaired) electrons. The Hall–Kier alpha value is -0.990. The summed E-state index contributed by atoms with van der Waals surface area (Å²) in [5.74, 6) is 0.817. The summed E-state index contributed by atoms with van der Waals surface area (Å²) in [5.41, 5.74) is 0. The molecule has 2 N–H and O–H groups in total. The molecule has 8 nitrogen and oxygen atoms in total. The lowest BCUT2D eigenvalue weighted by Crippen LogP contribution is -2.21. The monoisotopic (exact) mass is 462 g/mol. The summed E-state index contributed by atoms with van der Waals surface area (Å²) in [6.45, 7) is 4.87. The molecule has 1 rings (SSSR count). The summed E-state index contributed by atoms with van der Waals surface area (Å²) in [6.07, 6.45) is 6.58. The zero-order chi connectivity index (χ0) is 22.6. The predicted molar refractivity (Wildman–Crippen MR) is 119 cm³/mol.